The third-order valence-corrected chi connectivity index (χ3v) is 2.19. The molecule has 1 heterocycles. The first-order chi connectivity index (χ1) is 7.18. The third-order valence-electron chi connectivity index (χ3n) is 2.19. The topological polar surface area (TPSA) is 66.0 Å². The number of aromatic amines is 1. The number of carbonyl (C=O) groups is 1. The van der Waals surface area contributed by atoms with Crippen LogP contribution in [0, 0.1) is 0 Å². The molecule has 0 amide bonds. The lowest BCUT2D eigenvalue weighted by Gasteiger charge is -1.92. The quantitative estimate of drug-likeness (QED) is 0.732. The average molecular weight is 202 g/mol. The molecule has 15 heavy (non-hydrogen) atoms. The van der Waals surface area contributed by atoms with Crippen molar-refractivity contribution in [3.8, 4) is 0 Å². The second-order valence-electron chi connectivity index (χ2n) is 3.29. The van der Waals surface area contributed by atoms with E-state index in [1.54, 1.807) is 13.0 Å². The van der Waals surface area contributed by atoms with Gasteiger partial charge in [0.25, 0.3) is 0 Å². The molecular formula is C11H10N2O2. The Labute approximate surface area is 86.2 Å². The van der Waals surface area contributed by atoms with Crippen molar-refractivity contribution in [2.75, 3.05) is 0 Å². The van der Waals surface area contributed by atoms with E-state index in [0.29, 0.717) is 0 Å². The van der Waals surface area contributed by atoms with Crippen molar-refractivity contribution >= 4 is 22.9 Å². The van der Waals surface area contributed by atoms with Crippen molar-refractivity contribution < 1.29 is 9.90 Å². The number of fused-ring (bicyclic) bond motifs is 1. The van der Waals surface area contributed by atoms with E-state index in [9.17, 15) is 4.79 Å². The first-order valence-corrected chi connectivity index (χ1v) is 4.53. The molecule has 0 radical (unpaired) electrons. The number of aromatic nitrogens is 2. The number of aliphatic carboxylic acids is 1. The number of nitrogens with zero attached hydrogens (tertiary/aromatic N) is 1. The van der Waals surface area contributed by atoms with Crippen LogP contribution in [0.15, 0.2) is 29.8 Å². The number of hydrogen-bond acceptors (Lipinski definition) is 2. The van der Waals surface area contributed by atoms with Gasteiger partial charge in [0.1, 0.15) is 0 Å². The van der Waals surface area contributed by atoms with Gasteiger partial charge in [-0.05, 0) is 19.1 Å². The predicted molar refractivity (Wildman–Crippen MR) is 57.4 cm³/mol. The van der Waals surface area contributed by atoms with Crippen LogP contribution in [0.3, 0.4) is 0 Å². The summed E-state index contributed by atoms with van der Waals surface area (Å²) in [7, 11) is 0. The summed E-state index contributed by atoms with van der Waals surface area (Å²) in [5.41, 5.74) is 1.84. The molecule has 0 spiro atoms. The first-order valence-electron chi connectivity index (χ1n) is 4.53. The van der Waals surface area contributed by atoms with Crippen molar-refractivity contribution in [1.82, 2.24) is 10.2 Å². The summed E-state index contributed by atoms with van der Waals surface area (Å²) in [5, 5.41) is 16.6. The van der Waals surface area contributed by atoms with Gasteiger partial charge >= 0.3 is 5.97 Å². The Morgan fingerprint density at radius 1 is 1.47 bits per heavy atom. The van der Waals surface area contributed by atoms with Crippen LogP contribution in [-0.4, -0.2) is 21.3 Å². The molecule has 1 aromatic heterocycles. The van der Waals surface area contributed by atoms with Gasteiger partial charge in [0.2, 0.25) is 0 Å². The molecule has 2 aromatic rings. The van der Waals surface area contributed by atoms with Crippen molar-refractivity contribution in [2.24, 2.45) is 0 Å². The number of carboxylic acid groups (broad SMARTS) is 1. The number of para-hydroxylation sites is 1. The van der Waals surface area contributed by atoms with E-state index in [2.05, 4.69) is 10.2 Å². The lowest BCUT2D eigenvalue weighted by atomic mass is 10.1. The normalized spacial score (nSPS) is 11.9. The highest BCUT2D eigenvalue weighted by Crippen LogP contribution is 2.17. The Kier molecular flexibility index (Phi) is 2.25. The fourth-order valence-electron chi connectivity index (χ4n) is 1.37. The molecule has 1 aromatic carbocycles. The summed E-state index contributed by atoms with van der Waals surface area (Å²) in [6.45, 7) is 1.55. The highest BCUT2D eigenvalue weighted by molar-refractivity contribution is 5.95. The van der Waals surface area contributed by atoms with Gasteiger partial charge in [-0.3, -0.25) is 5.10 Å². The Balaban J connectivity index is 2.54. The summed E-state index contributed by atoms with van der Waals surface area (Å²) in [6, 6.07) is 7.56. The van der Waals surface area contributed by atoms with Crippen molar-refractivity contribution in [3.63, 3.8) is 0 Å². The Morgan fingerprint density at radius 3 is 2.93 bits per heavy atom. The van der Waals surface area contributed by atoms with Crippen molar-refractivity contribution in [3.05, 3.63) is 35.5 Å². The van der Waals surface area contributed by atoms with Gasteiger partial charge in [0.05, 0.1) is 11.2 Å². The lowest BCUT2D eigenvalue weighted by Crippen LogP contribution is -1.95. The molecule has 0 unspecified atom stereocenters. The second-order valence-corrected chi connectivity index (χ2v) is 3.29. The maximum Gasteiger partial charge on any atom is 0.331 e. The highest BCUT2D eigenvalue weighted by Gasteiger charge is 2.04. The number of rotatable bonds is 2. The van der Waals surface area contributed by atoms with Crippen LogP contribution in [0.25, 0.3) is 17.0 Å². The summed E-state index contributed by atoms with van der Waals surface area (Å²) < 4.78 is 0. The van der Waals surface area contributed by atoms with E-state index in [1.807, 2.05) is 24.3 Å². The van der Waals surface area contributed by atoms with Crippen LogP contribution in [0.1, 0.15) is 12.6 Å². The summed E-state index contributed by atoms with van der Waals surface area (Å²) in [6.07, 6.45) is 1.58. The molecule has 76 valence electrons. The van der Waals surface area contributed by atoms with E-state index in [0.717, 1.165) is 16.6 Å². The summed E-state index contributed by atoms with van der Waals surface area (Å²) in [4.78, 5) is 10.7. The molecule has 2 N–H and O–H groups in total. The minimum Gasteiger partial charge on any atom is -0.478 e. The predicted octanol–water partition coefficient (Wildman–Crippen LogP) is 2.05. The molecule has 4 heteroatoms. The zero-order valence-corrected chi connectivity index (χ0v) is 8.19. The minimum atomic E-state index is -0.923. The van der Waals surface area contributed by atoms with E-state index < -0.39 is 5.97 Å². The monoisotopic (exact) mass is 202 g/mol. The maximum absolute atomic E-state index is 10.7. The maximum atomic E-state index is 10.7. The molecule has 0 aliphatic heterocycles. The van der Waals surface area contributed by atoms with Crippen LogP contribution in [-0.2, 0) is 4.79 Å². The van der Waals surface area contributed by atoms with Crippen LogP contribution in [0.2, 0.25) is 0 Å². The smallest absolute Gasteiger partial charge is 0.331 e. The molecule has 0 aliphatic carbocycles. The van der Waals surface area contributed by atoms with Crippen LogP contribution < -0.4 is 0 Å². The zero-order chi connectivity index (χ0) is 10.8. The number of H-pyrrole nitrogens is 1. The van der Waals surface area contributed by atoms with Gasteiger partial charge < -0.3 is 5.11 Å². The highest BCUT2D eigenvalue weighted by atomic mass is 16.4. The molecular weight excluding hydrogens is 192 g/mol. The molecule has 2 rings (SSSR count). The van der Waals surface area contributed by atoms with Gasteiger partial charge in [-0.15, -0.1) is 0 Å². The van der Waals surface area contributed by atoms with Crippen LogP contribution in [0.4, 0.5) is 0 Å². The molecule has 0 bridgehead atoms. The largest absolute Gasteiger partial charge is 0.478 e. The first kappa shape index (κ1) is 9.45. The third kappa shape index (κ3) is 1.74. The zero-order valence-electron chi connectivity index (χ0n) is 8.19. The van der Waals surface area contributed by atoms with E-state index in [4.69, 9.17) is 5.11 Å². The van der Waals surface area contributed by atoms with Gasteiger partial charge in [0.15, 0.2) is 0 Å². The van der Waals surface area contributed by atoms with E-state index in [1.165, 1.54) is 0 Å². The summed E-state index contributed by atoms with van der Waals surface area (Å²) in [5.74, 6) is -0.923. The lowest BCUT2D eigenvalue weighted by molar-refractivity contribution is -0.132. The molecule has 0 saturated carbocycles. The molecule has 0 atom stereocenters. The number of carboxylic acids is 1. The van der Waals surface area contributed by atoms with Gasteiger partial charge in [-0.2, -0.15) is 5.10 Å². The minimum absolute atomic E-state index is 0.282. The van der Waals surface area contributed by atoms with Gasteiger partial charge in [0, 0.05) is 11.0 Å². The molecule has 0 aliphatic rings. The molecule has 4 nitrogen and oxygen atoms in total. The second kappa shape index (κ2) is 3.57. The molecule has 0 fully saturated rings. The van der Waals surface area contributed by atoms with E-state index >= 15 is 0 Å². The van der Waals surface area contributed by atoms with Crippen molar-refractivity contribution in [1.29, 1.82) is 0 Å². The summed E-state index contributed by atoms with van der Waals surface area (Å²) >= 11 is 0. The van der Waals surface area contributed by atoms with Gasteiger partial charge in [-0.25, -0.2) is 4.79 Å². The Morgan fingerprint density at radius 2 is 2.20 bits per heavy atom. The Hall–Kier alpha value is -2.10. The molecule has 0 saturated heterocycles. The van der Waals surface area contributed by atoms with E-state index in [-0.39, 0.29) is 5.57 Å². The average Bonchev–Trinajstić information content (AvgIpc) is 2.62. The van der Waals surface area contributed by atoms with Crippen molar-refractivity contribution in [2.45, 2.75) is 6.92 Å². The number of benzene rings is 1. The van der Waals surface area contributed by atoms with Crippen LogP contribution in [0.5, 0.6) is 0 Å². The van der Waals surface area contributed by atoms with Gasteiger partial charge in [-0.1, -0.05) is 18.2 Å². The number of nitrogens with one attached hydrogen (secondary N) is 1. The van der Waals surface area contributed by atoms with Crippen LogP contribution >= 0.6 is 0 Å². The fraction of sp³-hybridized carbons (Fsp3) is 0.0909. The fourth-order valence-corrected chi connectivity index (χ4v) is 1.37. The standard InChI is InChI=1S/C11H10N2O2/c1-7(11(14)15)6-10-8-4-2-3-5-9(8)12-13-10/h2-6H,1H3,(H,12,13)(H,14,15). The SMILES string of the molecule is CC(=Cc1[nH]nc2ccccc12)C(=O)O. The number of hydrogen-bond donors (Lipinski definition) is 2. The Bertz CT molecular complexity index is 540.